The third-order valence-electron chi connectivity index (χ3n) is 0.138. The fourth-order valence-electron chi connectivity index (χ4n) is 0.0315. The average Bonchev–Trinajstić information content (AvgIpc) is 1.41. The van der Waals surface area contributed by atoms with Gasteiger partial charge in [0, 0.05) is 0 Å². The second-order valence-electron chi connectivity index (χ2n) is 0.458. The maximum absolute atomic E-state index is 4.73. The zero-order valence-corrected chi connectivity index (χ0v) is 4.16. The molecule has 0 amide bonds. The molecule has 0 aromatic carbocycles. The van der Waals surface area contributed by atoms with Crippen LogP contribution in [0.15, 0.2) is 0 Å². The summed E-state index contributed by atoms with van der Waals surface area (Å²) in [6.07, 6.45) is 4.73. The molecule has 0 aliphatic rings. The molecule has 0 aromatic rings. The van der Waals surface area contributed by atoms with E-state index in [1.165, 1.54) is 0 Å². The molecule has 0 heterocycles. The van der Waals surface area contributed by atoms with E-state index in [-0.39, 0.29) is 0 Å². The first-order chi connectivity index (χ1) is 2.41. The van der Waals surface area contributed by atoms with E-state index in [2.05, 4.69) is 26.0 Å². The van der Waals surface area contributed by atoms with Crippen molar-refractivity contribution in [2.24, 2.45) is 0 Å². The lowest BCUT2D eigenvalue weighted by Crippen LogP contribution is -1.69. The smallest absolute Gasteiger partial charge is 0.122 e. The van der Waals surface area contributed by atoms with Gasteiger partial charge in [0.15, 0.2) is 0 Å². The Hall–Kier alpha value is 0. The van der Waals surface area contributed by atoms with Gasteiger partial charge in [0.1, 0.15) is 6.61 Å². The standard InChI is InChI=1S/C3H3BrO/c1-2-3-5-4/h1H,3H2. The van der Waals surface area contributed by atoms with Crippen LogP contribution in [0.4, 0.5) is 0 Å². The Labute approximate surface area is 39.8 Å². The fourth-order valence-corrected chi connectivity index (χ4v) is 0.164. The van der Waals surface area contributed by atoms with Gasteiger partial charge >= 0.3 is 0 Å². The average molecular weight is 135 g/mol. The van der Waals surface area contributed by atoms with E-state index in [1.807, 2.05) is 0 Å². The maximum atomic E-state index is 4.73. The van der Waals surface area contributed by atoms with Crippen molar-refractivity contribution < 1.29 is 3.83 Å². The fraction of sp³-hybridized carbons (Fsp3) is 0.333. The summed E-state index contributed by atoms with van der Waals surface area (Å²) < 4.78 is 4.27. The van der Waals surface area contributed by atoms with Crippen molar-refractivity contribution >= 4 is 16.3 Å². The first-order valence-corrected chi connectivity index (χ1v) is 1.73. The number of hydrogen-bond donors (Lipinski definition) is 0. The molecule has 0 N–H and O–H groups in total. The highest BCUT2D eigenvalue weighted by atomic mass is 79.9. The summed E-state index contributed by atoms with van der Waals surface area (Å²) in [5, 5.41) is 0. The van der Waals surface area contributed by atoms with Gasteiger partial charge in [-0.05, 0) is 0 Å². The molecule has 2 heteroatoms. The molecule has 1 nitrogen and oxygen atoms in total. The molecule has 0 radical (unpaired) electrons. The molecule has 0 aromatic heterocycles. The highest BCUT2D eigenvalue weighted by Crippen LogP contribution is 1.77. The van der Waals surface area contributed by atoms with Crippen LogP contribution >= 0.6 is 16.3 Å². The van der Waals surface area contributed by atoms with Gasteiger partial charge in [-0.1, -0.05) is 5.92 Å². The lowest BCUT2D eigenvalue weighted by atomic mass is 10.8. The molecule has 0 unspecified atom stereocenters. The van der Waals surface area contributed by atoms with E-state index in [1.54, 1.807) is 0 Å². The van der Waals surface area contributed by atoms with Crippen LogP contribution in [-0.2, 0) is 3.83 Å². The Kier molecular flexibility index (Phi) is 4.00. The van der Waals surface area contributed by atoms with Crippen LogP contribution < -0.4 is 0 Å². The Balaban J connectivity index is 2.48. The van der Waals surface area contributed by atoms with Crippen molar-refractivity contribution in [1.82, 2.24) is 0 Å². The highest BCUT2D eigenvalue weighted by Gasteiger charge is 1.61. The molecule has 5 heavy (non-hydrogen) atoms. The molecule has 0 fully saturated rings. The predicted octanol–water partition coefficient (Wildman–Crippen LogP) is 0.946. The molecule has 28 valence electrons. The zero-order chi connectivity index (χ0) is 4.12. The largest absolute Gasteiger partial charge is 0.295 e. The van der Waals surface area contributed by atoms with Gasteiger partial charge in [-0.3, -0.25) is 3.83 Å². The Morgan fingerprint density at radius 1 is 2.00 bits per heavy atom. The lowest BCUT2D eigenvalue weighted by molar-refractivity contribution is 0.464. The predicted molar refractivity (Wildman–Crippen MR) is 23.7 cm³/mol. The minimum Gasteiger partial charge on any atom is -0.295 e. The van der Waals surface area contributed by atoms with E-state index in [4.69, 9.17) is 6.42 Å². The monoisotopic (exact) mass is 134 g/mol. The van der Waals surface area contributed by atoms with Gasteiger partial charge in [0.2, 0.25) is 0 Å². The lowest BCUT2D eigenvalue weighted by Gasteiger charge is -1.72. The number of hydrogen-bond acceptors (Lipinski definition) is 1. The summed E-state index contributed by atoms with van der Waals surface area (Å²) in [7, 11) is 0. The third-order valence-corrected chi connectivity index (χ3v) is 0.367. The van der Waals surface area contributed by atoms with Crippen molar-refractivity contribution in [2.75, 3.05) is 6.61 Å². The Bertz CT molecular complexity index is 45.3. The number of halogens is 1. The minimum absolute atomic E-state index is 0.333. The van der Waals surface area contributed by atoms with Gasteiger partial charge in [-0.2, -0.15) is 0 Å². The summed E-state index contributed by atoms with van der Waals surface area (Å²) in [4.78, 5) is 0. The molecule has 0 bridgehead atoms. The molecule has 0 rings (SSSR count). The van der Waals surface area contributed by atoms with Gasteiger partial charge in [0.05, 0.1) is 16.3 Å². The molecule has 0 saturated carbocycles. The van der Waals surface area contributed by atoms with Crippen molar-refractivity contribution in [2.45, 2.75) is 0 Å². The van der Waals surface area contributed by atoms with E-state index in [0.29, 0.717) is 6.61 Å². The van der Waals surface area contributed by atoms with Crippen molar-refractivity contribution in [3.8, 4) is 12.3 Å². The number of rotatable bonds is 1. The SMILES string of the molecule is C#CCOBr. The van der Waals surface area contributed by atoms with E-state index >= 15 is 0 Å². The summed E-state index contributed by atoms with van der Waals surface area (Å²) in [6, 6.07) is 0. The quantitative estimate of drug-likeness (QED) is 0.486. The number of terminal acetylenes is 1. The molecule has 0 saturated heterocycles. The van der Waals surface area contributed by atoms with Crippen LogP contribution in [0.5, 0.6) is 0 Å². The summed E-state index contributed by atoms with van der Waals surface area (Å²) >= 11 is 2.67. The molecule has 0 spiro atoms. The van der Waals surface area contributed by atoms with Crippen LogP contribution in [0, 0.1) is 12.3 Å². The van der Waals surface area contributed by atoms with Gasteiger partial charge in [0.25, 0.3) is 0 Å². The minimum atomic E-state index is 0.333. The summed E-state index contributed by atoms with van der Waals surface area (Å²) in [5.74, 6) is 2.25. The molecular weight excluding hydrogens is 132 g/mol. The third kappa shape index (κ3) is 4.00. The van der Waals surface area contributed by atoms with Crippen LogP contribution in [-0.4, -0.2) is 6.61 Å². The summed E-state index contributed by atoms with van der Waals surface area (Å²) in [6.45, 7) is 0.333. The second kappa shape index (κ2) is 4.00. The first-order valence-electron chi connectivity index (χ1n) is 1.09. The van der Waals surface area contributed by atoms with Gasteiger partial charge in [-0.25, -0.2) is 0 Å². The normalized spacial score (nSPS) is 6.40. The van der Waals surface area contributed by atoms with Crippen LogP contribution in [0.3, 0.4) is 0 Å². The molecule has 0 aliphatic heterocycles. The molecule has 0 aliphatic carbocycles. The van der Waals surface area contributed by atoms with Crippen molar-refractivity contribution in [3.05, 3.63) is 0 Å². The highest BCUT2D eigenvalue weighted by molar-refractivity contribution is 9.06. The van der Waals surface area contributed by atoms with Gasteiger partial charge < -0.3 is 0 Å². The summed E-state index contributed by atoms with van der Waals surface area (Å²) in [5.41, 5.74) is 0. The van der Waals surface area contributed by atoms with Crippen LogP contribution in [0.25, 0.3) is 0 Å². The topological polar surface area (TPSA) is 9.23 Å². The van der Waals surface area contributed by atoms with Crippen LogP contribution in [0.1, 0.15) is 0 Å². The molecule has 0 atom stereocenters. The maximum Gasteiger partial charge on any atom is 0.122 e. The van der Waals surface area contributed by atoms with E-state index < -0.39 is 0 Å². The molecular formula is C3H3BrO. The van der Waals surface area contributed by atoms with Crippen LogP contribution in [0.2, 0.25) is 0 Å². The Morgan fingerprint density at radius 3 is 2.60 bits per heavy atom. The van der Waals surface area contributed by atoms with E-state index in [0.717, 1.165) is 0 Å². The van der Waals surface area contributed by atoms with E-state index in [9.17, 15) is 0 Å². The van der Waals surface area contributed by atoms with Gasteiger partial charge in [-0.15, -0.1) is 6.42 Å². The van der Waals surface area contributed by atoms with Crippen molar-refractivity contribution in [3.63, 3.8) is 0 Å². The second-order valence-corrected chi connectivity index (χ2v) is 0.915. The first kappa shape index (κ1) is 5.00. The Morgan fingerprint density at radius 2 is 2.60 bits per heavy atom. The van der Waals surface area contributed by atoms with Crippen molar-refractivity contribution in [1.29, 1.82) is 0 Å². The zero-order valence-electron chi connectivity index (χ0n) is 2.57.